The number of methoxy groups -OCH3 is 1. The van der Waals surface area contributed by atoms with Crippen molar-refractivity contribution in [3.05, 3.63) is 87.8 Å². The van der Waals surface area contributed by atoms with Crippen LogP contribution in [0.2, 0.25) is 5.02 Å². The van der Waals surface area contributed by atoms with Gasteiger partial charge in [0.25, 0.3) is 5.56 Å². The normalized spacial score (nSPS) is 12.2. The van der Waals surface area contributed by atoms with Gasteiger partial charge in [0.1, 0.15) is 23.4 Å². The molecule has 9 nitrogen and oxygen atoms in total. The molecule has 1 atom stereocenters. The Labute approximate surface area is 249 Å². The number of benzene rings is 1. The van der Waals surface area contributed by atoms with E-state index in [1.54, 1.807) is 49.5 Å². The maximum absolute atomic E-state index is 13.7. The molecule has 0 radical (unpaired) electrons. The fraction of sp³-hybridized carbons (Fsp3) is 0.344. The molecule has 10 heteroatoms. The molecule has 0 saturated carbocycles. The fourth-order valence-electron chi connectivity index (χ4n) is 4.59. The van der Waals surface area contributed by atoms with E-state index in [9.17, 15) is 14.4 Å². The second kappa shape index (κ2) is 13.3. The summed E-state index contributed by atoms with van der Waals surface area (Å²) in [6.07, 6.45) is 5.17. The summed E-state index contributed by atoms with van der Waals surface area (Å²) in [5.41, 5.74) is 2.57. The molecule has 3 aromatic heterocycles. The Balaban J connectivity index is 1.73. The molecule has 0 N–H and O–H groups in total. The number of carbonyl (C=O) groups excluding carboxylic acids is 2. The van der Waals surface area contributed by atoms with Gasteiger partial charge in [-0.25, -0.2) is 0 Å². The summed E-state index contributed by atoms with van der Waals surface area (Å²) in [7, 11) is 1.50. The van der Waals surface area contributed by atoms with Gasteiger partial charge in [-0.05, 0) is 56.5 Å². The quantitative estimate of drug-likeness (QED) is 0.174. The first kappa shape index (κ1) is 30.9. The Hall–Kier alpha value is -4.08. The van der Waals surface area contributed by atoms with Crippen molar-refractivity contribution in [2.75, 3.05) is 13.7 Å². The lowest BCUT2D eigenvalue weighted by Gasteiger charge is -2.24. The van der Waals surface area contributed by atoms with Crippen molar-refractivity contribution in [1.82, 2.24) is 14.7 Å². The van der Waals surface area contributed by atoms with Gasteiger partial charge in [0.2, 0.25) is 0 Å². The molecule has 0 amide bonds. The Morgan fingerprint density at radius 2 is 1.86 bits per heavy atom. The molecular weight excluding hydrogens is 558 g/mol. The molecule has 0 spiro atoms. The van der Waals surface area contributed by atoms with Gasteiger partial charge in [-0.1, -0.05) is 35.8 Å². The number of hydrogen-bond donors (Lipinski definition) is 0. The number of hydrogen-bond acceptors (Lipinski definition) is 8. The molecule has 4 aromatic rings. The molecule has 3 heterocycles. The van der Waals surface area contributed by atoms with Crippen LogP contribution in [-0.2, 0) is 16.0 Å². The van der Waals surface area contributed by atoms with E-state index in [2.05, 4.69) is 10.1 Å². The van der Waals surface area contributed by atoms with E-state index in [-0.39, 0.29) is 31.0 Å². The van der Waals surface area contributed by atoms with Crippen molar-refractivity contribution in [2.24, 2.45) is 0 Å². The molecule has 1 unspecified atom stereocenters. The van der Waals surface area contributed by atoms with Gasteiger partial charge in [0.05, 0.1) is 24.9 Å². The van der Waals surface area contributed by atoms with Gasteiger partial charge in [0, 0.05) is 53.9 Å². The third kappa shape index (κ3) is 7.40. The maximum Gasteiger partial charge on any atom is 0.252 e. The molecule has 220 valence electrons. The van der Waals surface area contributed by atoms with Crippen LogP contribution in [0.5, 0.6) is 5.75 Å². The molecular formula is C32H34ClN3O6. The number of ether oxygens (including phenoxy) is 2. The molecule has 0 aliphatic carbocycles. The van der Waals surface area contributed by atoms with E-state index in [4.69, 9.17) is 25.6 Å². The van der Waals surface area contributed by atoms with Gasteiger partial charge in [-0.3, -0.25) is 19.4 Å². The van der Waals surface area contributed by atoms with E-state index in [0.717, 1.165) is 0 Å². The molecule has 0 aliphatic heterocycles. The average molecular weight is 592 g/mol. The van der Waals surface area contributed by atoms with Crippen molar-refractivity contribution in [3.8, 4) is 28.1 Å². The Morgan fingerprint density at radius 1 is 1.07 bits per heavy atom. The predicted octanol–water partition coefficient (Wildman–Crippen LogP) is 6.38. The molecule has 4 rings (SSSR count). The summed E-state index contributed by atoms with van der Waals surface area (Å²) in [6.45, 7) is 7.80. The molecule has 1 aromatic carbocycles. The maximum atomic E-state index is 13.7. The van der Waals surface area contributed by atoms with Gasteiger partial charge < -0.3 is 18.6 Å². The van der Waals surface area contributed by atoms with E-state index in [0.29, 0.717) is 50.8 Å². The third-order valence-corrected chi connectivity index (χ3v) is 6.93. The van der Waals surface area contributed by atoms with Crippen LogP contribution >= 0.6 is 11.6 Å². The minimum Gasteiger partial charge on any atom is -0.495 e. The monoisotopic (exact) mass is 591 g/mol. The summed E-state index contributed by atoms with van der Waals surface area (Å²) in [6, 6.07) is 10.9. The SMILES string of the molecule is CCC(=O)c1ccc(CC(=O)C(CCOC(C)(C)C)n2cc(OC)c(-c3cc(Cl)ccc3-c3ccon3)cc2=O)cn1. The largest absolute Gasteiger partial charge is 0.495 e. The first-order valence-electron chi connectivity index (χ1n) is 13.7. The second-order valence-electron chi connectivity index (χ2n) is 10.8. The van der Waals surface area contributed by atoms with Crippen molar-refractivity contribution in [3.63, 3.8) is 0 Å². The number of nitrogens with zero attached hydrogens (tertiary/aromatic N) is 3. The standard InChI is InChI=1S/C32H34ClN3O6/c1-6-28(37)26-10-7-20(18-34-26)15-29(38)27(12-13-41-32(2,3)4)36-19-30(40-5)24(17-31(36)39)23-16-21(33)8-9-22(23)25-11-14-42-35-25/h7-11,14,16-19,27H,6,12-13,15H2,1-5H3. The van der Waals surface area contributed by atoms with Gasteiger partial charge in [-0.2, -0.15) is 0 Å². The predicted molar refractivity (Wildman–Crippen MR) is 160 cm³/mol. The van der Waals surface area contributed by atoms with Crippen LogP contribution in [0.4, 0.5) is 0 Å². The highest BCUT2D eigenvalue weighted by Gasteiger charge is 2.25. The summed E-state index contributed by atoms with van der Waals surface area (Å²) in [5.74, 6) is 0.0994. The summed E-state index contributed by atoms with van der Waals surface area (Å²) < 4.78 is 18.1. The fourth-order valence-corrected chi connectivity index (χ4v) is 4.76. The van der Waals surface area contributed by atoms with E-state index in [1.807, 2.05) is 20.8 Å². The zero-order valence-electron chi connectivity index (χ0n) is 24.3. The summed E-state index contributed by atoms with van der Waals surface area (Å²) in [5, 5.41) is 4.51. The van der Waals surface area contributed by atoms with Crippen molar-refractivity contribution >= 4 is 23.2 Å². The second-order valence-corrected chi connectivity index (χ2v) is 11.2. The molecule has 0 saturated heterocycles. The molecule has 0 bridgehead atoms. The zero-order chi connectivity index (χ0) is 30.4. The number of pyridine rings is 2. The highest BCUT2D eigenvalue weighted by Crippen LogP contribution is 2.38. The number of carbonyl (C=O) groups is 2. The average Bonchev–Trinajstić information content (AvgIpc) is 3.50. The first-order chi connectivity index (χ1) is 20.0. The van der Waals surface area contributed by atoms with Gasteiger partial charge in [-0.15, -0.1) is 0 Å². The lowest BCUT2D eigenvalue weighted by atomic mass is 9.97. The lowest BCUT2D eigenvalue weighted by Crippen LogP contribution is -2.32. The molecule has 42 heavy (non-hydrogen) atoms. The van der Waals surface area contributed by atoms with Crippen LogP contribution in [-0.4, -0.2) is 45.6 Å². The lowest BCUT2D eigenvalue weighted by molar-refractivity contribution is -0.122. The zero-order valence-corrected chi connectivity index (χ0v) is 25.1. The van der Waals surface area contributed by atoms with Crippen LogP contribution in [0.15, 0.2) is 70.4 Å². The van der Waals surface area contributed by atoms with Gasteiger partial charge >= 0.3 is 0 Å². The number of rotatable bonds is 12. The topological polar surface area (TPSA) is 114 Å². The smallest absolute Gasteiger partial charge is 0.252 e. The van der Waals surface area contributed by atoms with Crippen LogP contribution in [0.3, 0.4) is 0 Å². The number of halogens is 1. The minimum atomic E-state index is -0.839. The minimum absolute atomic E-state index is 0.0227. The summed E-state index contributed by atoms with van der Waals surface area (Å²) >= 11 is 6.34. The van der Waals surface area contributed by atoms with Crippen LogP contribution in [0, 0.1) is 0 Å². The highest BCUT2D eigenvalue weighted by atomic mass is 35.5. The highest BCUT2D eigenvalue weighted by molar-refractivity contribution is 6.31. The Morgan fingerprint density at radius 3 is 2.48 bits per heavy atom. The van der Waals surface area contributed by atoms with Crippen LogP contribution < -0.4 is 10.3 Å². The third-order valence-electron chi connectivity index (χ3n) is 6.69. The molecule has 0 fully saturated rings. The van der Waals surface area contributed by atoms with E-state index >= 15 is 0 Å². The van der Waals surface area contributed by atoms with E-state index in [1.165, 1.54) is 30.2 Å². The Bertz CT molecular complexity index is 1600. The van der Waals surface area contributed by atoms with Gasteiger partial charge in [0.15, 0.2) is 11.6 Å². The van der Waals surface area contributed by atoms with Crippen molar-refractivity contribution in [1.29, 1.82) is 0 Å². The summed E-state index contributed by atoms with van der Waals surface area (Å²) in [4.78, 5) is 43.6. The van der Waals surface area contributed by atoms with Crippen molar-refractivity contribution in [2.45, 2.75) is 58.6 Å². The first-order valence-corrected chi connectivity index (χ1v) is 14.0. The number of Topliss-reactive ketones (excluding diaryl/α,β-unsaturated/α-hetero) is 2. The molecule has 0 aliphatic rings. The van der Waals surface area contributed by atoms with E-state index < -0.39 is 17.2 Å². The number of aromatic nitrogens is 3. The van der Waals surface area contributed by atoms with Crippen LogP contribution in [0.25, 0.3) is 22.4 Å². The van der Waals surface area contributed by atoms with Crippen LogP contribution in [0.1, 0.15) is 62.6 Å². The van der Waals surface area contributed by atoms with Crippen molar-refractivity contribution < 1.29 is 23.6 Å². The number of ketones is 2. The Kier molecular flexibility index (Phi) is 9.75.